The fraction of sp³-hybridized carbons (Fsp3) is 0.429. The van der Waals surface area contributed by atoms with Gasteiger partial charge in [0.2, 0.25) is 5.91 Å². The second kappa shape index (κ2) is 8.58. The zero-order valence-electron chi connectivity index (χ0n) is 11.3. The highest BCUT2D eigenvalue weighted by Crippen LogP contribution is 2.18. The molecule has 5 heteroatoms. The molecule has 1 rings (SSSR count). The molecule has 1 aromatic carbocycles. The summed E-state index contributed by atoms with van der Waals surface area (Å²) in [5, 5.41) is 2.73. The SMILES string of the molecule is CCNC(=O)CSCCOc1ccccc1C(C)=O. The second-order valence-corrected chi connectivity index (χ2v) is 5.01. The Balaban J connectivity index is 2.30. The van der Waals surface area contributed by atoms with Gasteiger partial charge in [0.1, 0.15) is 5.75 Å². The van der Waals surface area contributed by atoms with Crippen molar-refractivity contribution in [1.29, 1.82) is 0 Å². The van der Waals surface area contributed by atoms with Crippen molar-refractivity contribution in [2.45, 2.75) is 13.8 Å². The minimum Gasteiger partial charge on any atom is -0.492 e. The number of para-hydroxylation sites is 1. The van der Waals surface area contributed by atoms with Gasteiger partial charge in [0.05, 0.1) is 17.9 Å². The van der Waals surface area contributed by atoms with Crippen molar-refractivity contribution in [3.63, 3.8) is 0 Å². The van der Waals surface area contributed by atoms with Crippen molar-refractivity contribution < 1.29 is 14.3 Å². The maximum atomic E-state index is 11.4. The molecule has 0 aliphatic carbocycles. The van der Waals surface area contributed by atoms with Gasteiger partial charge < -0.3 is 10.1 Å². The third-order valence-corrected chi connectivity index (χ3v) is 3.28. The molecule has 19 heavy (non-hydrogen) atoms. The highest BCUT2D eigenvalue weighted by molar-refractivity contribution is 7.99. The molecule has 0 heterocycles. The number of hydrogen-bond acceptors (Lipinski definition) is 4. The number of ketones is 1. The molecule has 0 spiro atoms. The Hall–Kier alpha value is -1.49. The van der Waals surface area contributed by atoms with Gasteiger partial charge in [0, 0.05) is 12.3 Å². The number of ether oxygens (including phenoxy) is 1. The predicted molar refractivity (Wildman–Crippen MR) is 78.0 cm³/mol. The Morgan fingerprint density at radius 1 is 1.32 bits per heavy atom. The summed E-state index contributed by atoms with van der Waals surface area (Å²) in [5.41, 5.74) is 0.594. The Morgan fingerprint density at radius 3 is 2.74 bits per heavy atom. The largest absolute Gasteiger partial charge is 0.492 e. The molecular formula is C14H19NO3S. The van der Waals surface area contributed by atoms with Crippen molar-refractivity contribution in [2.75, 3.05) is 24.7 Å². The average Bonchev–Trinajstić information content (AvgIpc) is 2.39. The van der Waals surface area contributed by atoms with Gasteiger partial charge in [0.25, 0.3) is 0 Å². The summed E-state index contributed by atoms with van der Waals surface area (Å²) in [7, 11) is 0. The van der Waals surface area contributed by atoms with Crippen LogP contribution < -0.4 is 10.1 Å². The molecule has 104 valence electrons. The normalized spacial score (nSPS) is 10.0. The first-order valence-corrected chi connectivity index (χ1v) is 7.37. The van der Waals surface area contributed by atoms with Gasteiger partial charge in [-0.05, 0) is 26.0 Å². The number of hydrogen-bond donors (Lipinski definition) is 1. The minimum atomic E-state index is -0.00873. The van der Waals surface area contributed by atoms with Crippen LogP contribution in [0.25, 0.3) is 0 Å². The molecule has 1 N–H and O–H groups in total. The zero-order chi connectivity index (χ0) is 14.1. The van der Waals surface area contributed by atoms with E-state index in [1.54, 1.807) is 12.1 Å². The fourth-order valence-corrected chi connectivity index (χ4v) is 2.14. The maximum Gasteiger partial charge on any atom is 0.229 e. The molecule has 1 amide bonds. The molecule has 0 radical (unpaired) electrons. The number of amides is 1. The first-order valence-electron chi connectivity index (χ1n) is 6.22. The average molecular weight is 281 g/mol. The number of carbonyl (C=O) groups excluding carboxylic acids is 2. The summed E-state index contributed by atoms with van der Waals surface area (Å²) >= 11 is 1.51. The number of nitrogens with one attached hydrogen (secondary N) is 1. The molecule has 0 saturated heterocycles. The maximum absolute atomic E-state index is 11.4. The van der Waals surface area contributed by atoms with E-state index in [2.05, 4.69) is 5.32 Å². The van der Waals surface area contributed by atoms with Crippen LogP contribution in [-0.2, 0) is 4.79 Å². The van der Waals surface area contributed by atoms with Crippen LogP contribution in [0, 0.1) is 0 Å². The predicted octanol–water partition coefficient (Wildman–Crippen LogP) is 2.14. The quantitative estimate of drug-likeness (QED) is 0.586. The number of carbonyl (C=O) groups is 2. The smallest absolute Gasteiger partial charge is 0.229 e. The Labute approximate surface area is 117 Å². The van der Waals surface area contributed by atoms with E-state index in [1.807, 2.05) is 19.1 Å². The molecular weight excluding hydrogens is 262 g/mol. The summed E-state index contributed by atoms with van der Waals surface area (Å²) in [4.78, 5) is 22.6. The zero-order valence-corrected chi connectivity index (χ0v) is 12.1. The van der Waals surface area contributed by atoms with Crippen molar-refractivity contribution >= 4 is 23.5 Å². The van der Waals surface area contributed by atoms with Gasteiger partial charge in [-0.2, -0.15) is 0 Å². The third kappa shape index (κ3) is 5.79. The van der Waals surface area contributed by atoms with E-state index in [0.717, 1.165) is 0 Å². The molecule has 4 nitrogen and oxygen atoms in total. The van der Waals surface area contributed by atoms with Gasteiger partial charge in [-0.1, -0.05) is 12.1 Å². The lowest BCUT2D eigenvalue weighted by Crippen LogP contribution is -2.24. The first-order chi connectivity index (χ1) is 9.15. The van der Waals surface area contributed by atoms with Gasteiger partial charge in [-0.15, -0.1) is 11.8 Å². The van der Waals surface area contributed by atoms with Gasteiger partial charge in [-0.3, -0.25) is 9.59 Å². The van der Waals surface area contributed by atoms with Gasteiger partial charge in [-0.25, -0.2) is 0 Å². The van der Waals surface area contributed by atoms with E-state index in [1.165, 1.54) is 18.7 Å². The van der Waals surface area contributed by atoms with Crippen LogP contribution in [0.15, 0.2) is 24.3 Å². The lowest BCUT2D eigenvalue weighted by Gasteiger charge is -2.09. The van der Waals surface area contributed by atoms with Crippen LogP contribution in [0.2, 0.25) is 0 Å². The lowest BCUT2D eigenvalue weighted by atomic mass is 10.1. The Kier molecular flexibility index (Phi) is 7.03. The van der Waals surface area contributed by atoms with Gasteiger partial charge in [0.15, 0.2) is 5.78 Å². The topological polar surface area (TPSA) is 55.4 Å². The number of rotatable bonds is 8. The molecule has 0 aliphatic rings. The molecule has 0 aliphatic heterocycles. The standard InChI is InChI=1S/C14H19NO3S/c1-3-15-14(17)10-19-9-8-18-13-7-5-4-6-12(13)11(2)16/h4-7H,3,8-10H2,1-2H3,(H,15,17). The van der Waals surface area contributed by atoms with E-state index < -0.39 is 0 Å². The molecule has 0 atom stereocenters. The number of thioether (sulfide) groups is 1. The van der Waals surface area contributed by atoms with Crippen LogP contribution in [0.3, 0.4) is 0 Å². The summed E-state index contributed by atoms with van der Waals surface area (Å²) in [6, 6.07) is 7.18. The number of Topliss-reactive ketones (excluding diaryl/α,β-unsaturated/α-hetero) is 1. The minimum absolute atomic E-state index is 0.00873. The van der Waals surface area contributed by atoms with E-state index in [0.29, 0.717) is 36.0 Å². The number of benzene rings is 1. The summed E-state index contributed by atoms with van der Waals surface area (Å²) in [5.74, 6) is 1.78. The molecule has 0 fully saturated rings. The van der Waals surface area contributed by atoms with E-state index >= 15 is 0 Å². The van der Waals surface area contributed by atoms with Crippen molar-refractivity contribution in [3.05, 3.63) is 29.8 Å². The third-order valence-electron chi connectivity index (χ3n) is 2.36. The van der Waals surface area contributed by atoms with E-state index in [9.17, 15) is 9.59 Å². The Morgan fingerprint density at radius 2 is 2.05 bits per heavy atom. The molecule has 0 saturated carbocycles. The Bertz CT molecular complexity index is 434. The second-order valence-electron chi connectivity index (χ2n) is 3.91. The van der Waals surface area contributed by atoms with Crippen molar-refractivity contribution in [1.82, 2.24) is 5.32 Å². The molecule has 0 bridgehead atoms. The van der Waals surface area contributed by atoms with Crippen LogP contribution in [0.1, 0.15) is 24.2 Å². The highest BCUT2D eigenvalue weighted by atomic mass is 32.2. The van der Waals surface area contributed by atoms with Crippen LogP contribution >= 0.6 is 11.8 Å². The summed E-state index contributed by atoms with van der Waals surface area (Å²) in [6.45, 7) is 4.55. The highest BCUT2D eigenvalue weighted by Gasteiger charge is 2.07. The first kappa shape index (κ1) is 15.6. The van der Waals surface area contributed by atoms with E-state index in [-0.39, 0.29) is 11.7 Å². The molecule has 1 aromatic rings. The van der Waals surface area contributed by atoms with Crippen molar-refractivity contribution in [2.24, 2.45) is 0 Å². The van der Waals surface area contributed by atoms with Crippen LogP contribution in [-0.4, -0.2) is 36.3 Å². The van der Waals surface area contributed by atoms with Crippen LogP contribution in [0.4, 0.5) is 0 Å². The van der Waals surface area contributed by atoms with Crippen molar-refractivity contribution in [3.8, 4) is 5.75 Å². The summed E-state index contributed by atoms with van der Waals surface area (Å²) < 4.78 is 5.57. The lowest BCUT2D eigenvalue weighted by molar-refractivity contribution is -0.118. The monoisotopic (exact) mass is 281 g/mol. The van der Waals surface area contributed by atoms with E-state index in [4.69, 9.17) is 4.74 Å². The van der Waals surface area contributed by atoms with Gasteiger partial charge >= 0.3 is 0 Å². The molecule has 0 aromatic heterocycles. The van der Waals surface area contributed by atoms with Crippen LogP contribution in [0.5, 0.6) is 5.75 Å². The summed E-state index contributed by atoms with van der Waals surface area (Å²) in [6.07, 6.45) is 0. The fourth-order valence-electron chi connectivity index (χ4n) is 1.51. The molecule has 0 unspecified atom stereocenters.